The van der Waals surface area contributed by atoms with Gasteiger partial charge in [-0.25, -0.2) is 9.37 Å². The van der Waals surface area contributed by atoms with Gasteiger partial charge in [0.1, 0.15) is 17.7 Å². The molecule has 3 aromatic rings. The first kappa shape index (κ1) is 21.5. The number of anilines is 1. The Morgan fingerprint density at radius 3 is 2.87 bits per heavy atom. The standard InChI is InChI=1S/C19H16FN5O3S2/c1-10-12(7-21)18(30-17(10)11(2)26)23-16(27)9-29-19-22-15(24-25-19)8-28-14-6-4-3-5-13(14)20/h3-6H,8-9H2,1-2H3,(H,23,27)(H,22,24,25). The summed E-state index contributed by atoms with van der Waals surface area (Å²) in [5, 5.41) is 19.3. The van der Waals surface area contributed by atoms with E-state index in [1.165, 1.54) is 19.1 Å². The Hall–Kier alpha value is -3.23. The number of para-hydroxylation sites is 1. The number of ether oxygens (including phenoxy) is 1. The summed E-state index contributed by atoms with van der Waals surface area (Å²) in [7, 11) is 0. The van der Waals surface area contributed by atoms with Crippen LogP contribution in [0.5, 0.6) is 5.75 Å². The molecule has 154 valence electrons. The van der Waals surface area contributed by atoms with Crippen LogP contribution in [-0.4, -0.2) is 32.6 Å². The third kappa shape index (κ3) is 5.03. The van der Waals surface area contributed by atoms with Gasteiger partial charge in [0, 0.05) is 0 Å². The molecule has 3 rings (SSSR count). The molecule has 30 heavy (non-hydrogen) atoms. The Labute approximate surface area is 179 Å². The number of aromatic nitrogens is 3. The summed E-state index contributed by atoms with van der Waals surface area (Å²) in [6.45, 7) is 3.08. The molecule has 11 heteroatoms. The fourth-order valence-electron chi connectivity index (χ4n) is 2.48. The number of aromatic amines is 1. The van der Waals surface area contributed by atoms with Crippen molar-refractivity contribution < 1.29 is 18.7 Å². The number of Topliss-reactive ketones (excluding diaryl/α,β-unsaturated/α-hetero) is 1. The Kier molecular flexibility index (Phi) is 6.81. The van der Waals surface area contributed by atoms with Gasteiger partial charge in [0.05, 0.1) is 16.2 Å². The number of hydrogen-bond acceptors (Lipinski definition) is 8. The van der Waals surface area contributed by atoms with Crippen LogP contribution in [0.4, 0.5) is 9.39 Å². The number of ketones is 1. The van der Waals surface area contributed by atoms with E-state index in [4.69, 9.17) is 4.74 Å². The predicted octanol–water partition coefficient (Wildman–Crippen LogP) is 3.70. The van der Waals surface area contributed by atoms with Crippen molar-refractivity contribution in [3.05, 3.63) is 51.9 Å². The molecule has 2 N–H and O–H groups in total. The highest BCUT2D eigenvalue weighted by molar-refractivity contribution is 7.99. The van der Waals surface area contributed by atoms with Gasteiger partial charge < -0.3 is 10.1 Å². The lowest BCUT2D eigenvalue weighted by atomic mass is 10.1. The van der Waals surface area contributed by atoms with E-state index in [0.717, 1.165) is 23.1 Å². The van der Waals surface area contributed by atoms with Crippen LogP contribution in [0.25, 0.3) is 0 Å². The fourth-order valence-corrected chi connectivity index (χ4v) is 4.17. The molecule has 8 nitrogen and oxygen atoms in total. The van der Waals surface area contributed by atoms with E-state index in [1.807, 2.05) is 6.07 Å². The van der Waals surface area contributed by atoms with Crippen molar-refractivity contribution in [1.29, 1.82) is 5.26 Å². The van der Waals surface area contributed by atoms with Crippen LogP contribution >= 0.6 is 23.1 Å². The second-order valence-corrected chi connectivity index (χ2v) is 8.01. The van der Waals surface area contributed by atoms with Crippen molar-refractivity contribution in [1.82, 2.24) is 15.2 Å². The van der Waals surface area contributed by atoms with Crippen LogP contribution < -0.4 is 10.1 Å². The summed E-state index contributed by atoms with van der Waals surface area (Å²) in [6, 6.07) is 8.04. The number of carbonyl (C=O) groups is 2. The molecule has 1 aromatic carbocycles. The molecule has 2 aromatic heterocycles. The minimum Gasteiger partial charge on any atom is -0.483 e. The molecule has 0 unspecified atom stereocenters. The molecular formula is C19H16FN5O3S2. The largest absolute Gasteiger partial charge is 0.483 e. The highest BCUT2D eigenvalue weighted by atomic mass is 32.2. The summed E-state index contributed by atoms with van der Waals surface area (Å²) in [5.74, 6) is -0.504. The topological polar surface area (TPSA) is 121 Å². The number of hydrogen-bond donors (Lipinski definition) is 2. The first-order valence-corrected chi connectivity index (χ1v) is 10.4. The molecule has 0 aliphatic heterocycles. The molecule has 0 aliphatic rings. The molecule has 0 atom stereocenters. The van der Waals surface area contributed by atoms with Crippen LogP contribution in [0, 0.1) is 24.1 Å². The van der Waals surface area contributed by atoms with Gasteiger partial charge >= 0.3 is 0 Å². The third-order valence-electron chi connectivity index (χ3n) is 3.88. The van der Waals surface area contributed by atoms with Gasteiger partial charge in [0.25, 0.3) is 0 Å². The van der Waals surface area contributed by atoms with E-state index < -0.39 is 5.82 Å². The molecule has 0 saturated carbocycles. The number of rotatable bonds is 8. The van der Waals surface area contributed by atoms with Crippen LogP contribution in [0.2, 0.25) is 0 Å². The number of amides is 1. The summed E-state index contributed by atoms with van der Waals surface area (Å²) < 4.78 is 18.9. The molecule has 0 fully saturated rings. The van der Waals surface area contributed by atoms with Crippen molar-refractivity contribution in [3.8, 4) is 11.8 Å². The SMILES string of the molecule is CC(=O)c1sc(NC(=O)CSc2n[nH]c(COc3ccccc3F)n2)c(C#N)c1C. The summed E-state index contributed by atoms with van der Waals surface area (Å²) in [6.07, 6.45) is 0. The van der Waals surface area contributed by atoms with Crippen molar-refractivity contribution in [2.75, 3.05) is 11.1 Å². The number of nitrogens with one attached hydrogen (secondary N) is 2. The molecule has 0 spiro atoms. The number of nitriles is 1. The van der Waals surface area contributed by atoms with Gasteiger partial charge in [-0.3, -0.25) is 14.7 Å². The Bertz CT molecular complexity index is 1140. The Morgan fingerprint density at radius 2 is 2.17 bits per heavy atom. The van der Waals surface area contributed by atoms with Gasteiger partial charge in [-0.2, -0.15) is 5.26 Å². The number of nitrogens with zero attached hydrogens (tertiary/aromatic N) is 3. The van der Waals surface area contributed by atoms with Crippen LogP contribution in [0.1, 0.15) is 33.5 Å². The maximum absolute atomic E-state index is 13.6. The zero-order valence-electron chi connectivity index (χ0n) is 16.0. The van der Waals surface area contributed by atoms with E-state index in [0.29, 0.717) is 26.4 Å². The molecular weight excluding hydrogens is 429 g/mol. The zero-order chi connectivity index (χ0) is 21.7. The minimum atomic E-state index is -0.475. The van der Waals surface area contributed by atoms with E-state index in [9.17, 15) is 19.2 Å². The van der Waals surface area contributed by atoms with Crippen LogP contribution in [0.3, 0.4) is 0 Å². The quantitative estimate of drug-likeness (QED) is 0.401. The lowest BCUT2D eigenvalue weighted by Crippen LogP contribution is -2.14. The first-order chi connectivity index (χ1) is 14.4. The molecule has 2 heterocycles. The fraction of sp³-hybridized carbons (Fsp3) is 0.211. The van der Waals surface area contributed by atoms with Gasteiger partial charge in [0.2, 0.25) is 11.1 Å². The van der Waals surface area contributed by atoms with E-state index in [2.05, 4.69) is 20.5 Å². The van der Waals surface area contributed by atoms with Crippen molar-refractivity contribution in [2.24, 2.45) is 0 Å². The van der Waals surface area contributed by atoms with E-state index in [-0.39, 0.29) is 35.4 Å². The van der Waals surface area contributed by atoms with Crippen molar-refractivity contribution in [2.45, 2.75) is 25.6 Å². The maximum Gasteiger partial charge on any atom is 0.235 e. The number of thiophene rings is 1. The maximum atomic E-state index is 13.6. The highest BCUT2D eigenvalue weighted by Gasteiger charge is 2.19. The van der Waals surface area contributed by atoms with Gasteiger partial charge in [-0.1, -0.05) is 23.9 Å². The second-order valence-electron chi connectivity index (χ2n) is 6.05. The third-order valence-corrected chi connectivity index (χ3v) is 6.03. The highest BCUT2D eigenvalue weighted by Crippen LogP contribution is 2.33. The second kappa shape index (κ2) is 9.51. The van der Waals surface area contributed by atoms with Crippen LogP contribution in [-0.2, 0) is 11.4 Å². The zero-order valence-corrected chi connectivity index (χ0v) is 17.6. The summed E-state index contributed by atoms with van der Waals surface area (Å²) in [4.78, 5) is 28.5. The number of carbonyl (C=O) groups excluding carboxylic acids is 2. The molecule has 0 radical (unpaired) electrons. The first-order valence-electron chi connectivity index (χ1n) is 8.64. The van der Waals surface area contributed by atoms with Crippen LogP contribution in [0.15, 0.2) is 29.4 Å². The normalized spacial score (nSPS) is 10.5. The average molecular weight is 446 g/mol. The monoisotopic (exact) mass is 445 g/mol. The van der Waals surface area contributed by atoms with Gasteiger partial charge in [-0.15, -0.1) is 16.4 Å². The number of thioether (sulfide) groups is 1. The minimum absolute atomic E-state index is 0.00266. The Balaban J connectivity index is 1.55. The lowest BCUT2D eigenvalue weighted by Gasteiger charge is -2.04. The van der Waals surface area contributed by atoms with Gasteiger partial charge in [0.15, 0.2) is 23.2 Å². The smallest absolute Gasteiger partial charge is 0.235 e. The van der Waals surface area contributed by atoms with Crippen molar-refractivity contribution >= 4 is 39.8 Å². The predicted molar refractivity (Wildman–Crippen MR) is 110 cm³/mol. The molecule has 0 aliphatic carbocycles. The number of benzene rings is 1. The van der Waals surface area contributed by atoms with Gasteiger partial charge in [-0.05, 0) is 31.5 Å². The lowest BCUT2D eigenvalue weighted by molar-refractivity contribution is -0.113. The Morgan fingerprint density at radius 1 is 1.40 bits per heavy atom. The van der Waals surface area contributed by atoms with E-state index in [1.54, 1.807) is 19.1 Å². The number of halogens is 1. The summed E-state index contributed by atoms with van der Waals surface area (Å²) in [5.41, 5.74) is 0.848. The average Bonchev–Trinajstić information content (AvgIpc) is 3.29. The molecule has 1 amide bonds. The molecule has 0 bridgehead atoms. The number of H-pyrrole nitrogens is 1. The molecule has 0 saturated heterocycles. The summed E-state index contributed by atoms with van der Waals surface area (Å²) >= 11 is 2.16. The van der Waals surface area contributed by atoms with E-state index >= 15 is 0 Å². The van der Waals surface area contributed by atoms with Crippen molar-refractivity contribution in [3.63, 3.8) is 0 Å².